The van der Waals surface area contributed by atoms with Gasteiger partial charge in [-0.15, -0.1) is 0 Å². The average Bonchev–Trinajstić information content (AvgIpc) is 3.10. The van der Waals surface area contributed by atoms with Gasteiger partial charge in [-0.3, -0.25) is 0 Å². The van der Waals surface area contributed by atoms with Crippen LogP contribution < -0.4 is 0 Å². The van der Waals surface area contributed by atoms with Crippen molar-refractivity contribution >= 4 is 0 Å². The van der Waals surface area contributed by atoms with Crippen LogP contribution in [0.4, 0.5) is 0 Å². The van der Waals surface area contributed by atoms with E-state index in [1.54, 1.807) is 12.5 Å². The summed E-state index contributed by atoms with van der Waals surface area (Å²) >= 11 is 0. The second-order valence-corrected chi connectivity index (χ2v) is 6.01. The molecule has 0 aliphatic rings. The molecule has 0 unspecified atom stereocenters. The lowest BCUT2D eigenvalue weighted by molar-refractivity contribution is 0.0566. The second kappa shape index (κ2) is 5.78. The minimum atomic E-state index is -0.605. The van der Waals surface area contributed by atoms with Gasteiger partial charge in [0.25, 0.3) is 0 Å². The van der Waals surface area contributed by atoms with E-state index in [-0.39, 0.29) is 0 Å². The van der Waals surface area contributed by atoms with E-state index in [2.05, 4.69) is 29.2 Å². The molecule has 0 radical (unpaired) electrons. The molecule has 0 saturated carbocycles. The molecule has 0 aliphatic carbocycles. The van der Waals surface area contributed by atoms with E-state index in [4.69, 9.17) is 0 Å². The Labute approximate surface area is 130 Å². The minimum absolute atomic E-state index is 0.454. The third-order valence-corrected chi connectivity index (χ3v) is 4.17. The van der Waals surface area contributed by atoms with E-state index in [0.29, 0.717) is 0 Å². The Balaban J connectivity index is 1.87. The largest absolute Gasteiger partial charge is 0.386 e. The van der Waals surface area contributed by atoms with E-state index in [0.717, 1.165) is 11.1 Å². The molecule has 3 rings (SSSR count). The number of hydrogen-bond donors (Lipinski definition) is 1. The number of rotatable bonds is 4. The molecule has 1 heterocycles. The summed E-state index contributed by atoms with van der Waals surface area (Å²) in [6.45, 7) is 4.01. The zero-order chi connectivity index (χ0) is 15.6. The molecule has 0 amide bonds. The summed E-state index contributed by atoms with van der Waals surface area (Å²) in [5, 5.41) is 10.7. The zero-order valence-electron chi connectivity index (χ0n) is 12.8. The summed E-state index contributed by atoms with van der Waals surface area (Å²) in [4.78, 5) is 4.07. The first-order valence-corrected chi connectivity index (χ1v) is 7.41. The highest BCUT2D eigenvalue weighted by Crippen LogP contribution is 2.32. The standard InChI is InChI=1S/C19H20N2O/c1-19(2,21-13-12-20-14-21)18(22)17-10-8-16(9-11-17)15-6-4-3-5-7-15/h3-14,18,22H,1-2H3/t18-/m0/s1. The van der Waals surface area contributed by atoms with Crippen LogP contribution in [0.2, 0.25) is 0 Å². The van der Waals surface area contributed by atoms with Gasteiger partial charge in [-0.25, -0.2) is 4.98 Å². The maximum atomic E-state index is 10.7. The number of nitrogens with zero attached hydrogens (tertiary/aromatic N) is 2. The molecule has 22 heavy (non-hydrogen) atoms. The van der Waals surface area contributed by atoms with Crippen LogP contribution in [0.15, 0.2) is 73.3 Å². The van der Waals surface area contributed by atoms with Crippen LogP contribution in [0.1, 0.15) is 25.5 Å². The summed E-state index contributed by atoms with van der Waals surface area (Å²) in [6, 6.07) is 18.3. The fourth-order valence-electron chi connectivity index (χ4n) is 2.64. The monoisotopic (exact) mass is 292 g/mol. The van der Waals surface area contributed by atoms with Crippen LogP contribution in [-0.4, -0.2) is 14.7 Å². The van der Waals surface area contributed by atoms with Crippen LogP contribution in [-0.2, 0) is 5.54 Å². The molecular weight excluding hydrogens is 272 g/mol. The van der Waals surface area contributed by atoms with E-state index < -0.39 is 11.6 Å². The van der Waals surface area contributed by atoms with Gasteiger partial charge in [0.2, 0.25) is 0 Å². The Kier molecular flexibility index (Phi) is 3.82. The van der Waals surface area contributed by atoms with Crippen LogP contribution in [0.3, 0.4) is 0 Å². The minimum Gasteiger partial charge on any atom is -0.386 e. The third kappa shape index (κ3) is 2.68. The van der Waals surface area contributed by atoms with E-state index in [9.17, 15) is 5.11 Å². The summed E-state index contributed by atoms with van der Waals surface area (Å²) in [5.41, 5.74) is 2.78. The average molecular weight is 292 g/mol. The Morgan fingerprint density at radius 1 is 0.955 bits per heavy atom. The van der Waals surface area contributed by atoms with Crippen molar-refractivity contribution in [3.8, 4) is 11.1 Å². The number of aliphatic hydroxyl groups is 1. The zero-order valence-corrected chi connectivity index (χ0v) is 12.8. The number of imidazole rings is 1. The van der Waals surface area contributed by atoms with Gasteiger partial charge >= 0.3 is 0 Å². The van der Waals surface area contributed by atoms with E-state index in [1.165, 1.54) is 5.56 Å². The molecule has 1 aromatic heterocycles. The molecule has 1 N–H and O–H groups in total. The lowest BCUT2D eigenvalue weighted by atomic mass is 9.90. The summed E-state index contributed by atoms with van der Waals surface area (Å²) < 4.78 is 1.93. The molecule has 0 aliphatic heterocycles. The van der Waals surface area contributed by atoms with Crippen LogP contribution in [0, 0.1) is 0 Å². The fraction of sp³-hybridized carbons (Fsp3) is 0.211. The Morgan fingerprint density at radius 2 is 1.59 bits per heavy atom. The number of aliphatic hydroxyl groups excluding tert-OH is 1. The summed E-state index contributed by atoms with van der Waals surface area (Å²) in [6.07, 6.45) is 4.74. The maximum Gasteiger partial charge on any atom is 0.102 e. The summed E-state index contributed by atoms with van der Waals surface area (Å²) in [7, 11) is 0. The number of aromatic nitrogens is 2. The van der Waals surface area contributed by atoms with Gasteiger partial charge in [0.1, 0.15) is 6.10 Å². The van der Waals surface area contributed by atoms with Crippen molar-refractivity contribution < 1.29 is 5.11 Å². The predicted octanol–water partition coefficient (Wildman–Crippen LogP) is 4.02. The normalized spacial score (nSPS) is 13.0. The highest BCUT2D eigenvalue weighted by molar-refractivity contribution is 5.63. The first-order chi connectivity index (χ1) is 10.6. The Hall–Kier alpha value is -2.39. The molecule has 3 heteroatoms. The molecule has 112 valence electrons. The van der Waals surface area contributed by atoms with E-state index >= 15 is 0 Å². The highest BCUT2D eigenvalue weighted by Gasteiger charge is 2.30. The second-order valence-electron chi connectivity index (χ2n) is 6.01. The van der Waals surface area contributed by atoms with Gasteiger partial charge in [0.15, 0.2) is 0 Å². The van der Waals surface area contributed by atoms with Crippen LogP contribution >= 0.6 is 0 Å². The third-order valence-electron chi connectivity index (χ3n) is 4.17. The molecule has 0 spiro atoms. The molecule has 0 fully saturated rings. The van der Waals surface area contributed by atoms with Crippen molar-refractivity contribution in [1.29, 1.82) is 0 Å². The topological polar surface area (TPSA) is 38.0 Å². The lowest BCUT2D eigenvalue weighted by Gasteiger charge is -2.32. The van der Waals surface area contributed by atoms with Gasteiger partial charge in [0, 0.05) is 12.4 Å². The van der Waals surface area contributed by atoms with Gasteiger partial charge in [-0.1, -0.05) is 54.6 Å². The first-order valence-electron chi connectivity index (χ1n) is 7.41. The Bertz CT molecular complexity index is 716. The lowest BCUT2D eigenvalue weighted by Crippen LogP contribution is -2.32. The van der Waals surface area contributed by atoms with Gasteiger partial charge in [0.05, 0.1) is 11.9 Å². The van der Waals surface area contributed by atoms with Crippen LogP contribution in [0.25, 0.3) is 11.1 Å². The van der Waals surface area contributed by atoms with Gasteiger partial charge in [-0.05, 0) is 30.5 Å². The number of benzene rings is 2. The van der Waals surface area contributed by atoms with Gasteiger partial charge in [-0.2, -0.15) is 0 Å². The molecule has 3 aromatic rings. The summed E-state index contributed by atoms with van der Waals surface area (Å²) in [5.74, 6) is 0. The Morgan fingerprint density at radius 3 is 2.18 bits per heavy atom. The van der Waals surface area contributed by atoms with Crippen molar-refractivity contribution in [2.24, 2.45) is 0 Å². The first kappa shape index (κ1) is 14.5. The molecular formula is C19H20N2O. The van der Waals surface area contributed by atoms with Crippen LogP contribution in [0.5, 0.6) is 0 Å². The van der Waals surface area contributed by atoms with E-state index in [1.807, 2.05) is 54.9 Å². The molecule has 0 saturated heterocycles. The molecule has 3 nitrogen and oxygen atoms in total. The smallest absolute Gasteiger partial charge is 0.102 e. The van der Waals surface area contributed by atoms with Gasteiger partial charge < -0.3 is 9.67 Å². The molecule has 1 atom stereocenters. The van der Waals surface area contributed by atoms with Crippen molar-refractivity contribution in [1.82, 2.24) is 9.55 Å². The maximum absolute atomic E-state index is 10.7. The molecule has 2 aromatic carbocycles. The predicted molar refractivity (Wildman–Crippen MR) is 88.4 cm³/mol. The van der Waals surface area contributed by atoms with Crippen molar-refractivity contribution in [3.05, 3.63) is 78.9 Å². The quantitative estimate of drug-likeness (QED) is 0.788. The highest BCUT2D eigenvalue weighted by atomic mass is 16.3. The number of hydrogen-bond acceptors (Lipinski definition) is 2. The fourth-order valence-corrected chi connectivity index (χ4v) is 2.64. The van der Waals surface area contributed by atoms with Crippen molar-refractivity contribution in [2.75, 3.05) is 0 Å². The van der Waals surface area contributed by atoms with Crippen molar-refractivity contribution in [3.63, 3.8) is 0 Å². The van der Waals surface area contributed by atoms with Crippen molar-refractivity contribution in [2.45, 2.75) is 25.5 Å². The molecule has 0 bridgehead atoms. The SMILES string of the molecule is CC(C)([C@@H](O)c1ccc(-c2ccccc2)cc1)n1ccnc1.